The molecule has 0 heterocycles. The van der Waals surface area contributed by atoms with Gasteiger partial charge in [-0.25, -0.2) is 4.39 Å². The van der Waals surface area contributed by atoms with Crippen molar-refractivity contribution in [1.29, 1.82) is 0 Å². The summed E-state index contributed by atoms with van der Waals surface area (Å²) >= 11 is 9.20. The summed E-state index contributed by atoms with van der Waals surface area (Å²) in [6.07, 6.45) is 0. The van der Waals surface area contributed by atoms with Crippen LogP contribution in [0.25, 0.3) is 0 Å². The average Bonchev–Trinajstić information content (AvgIpc) is 2.37. The first-order valence-electron chi connectivity index (χ1n) is 5.55. The van der Waals surface area contributed by atoms with Crippen molar-refractivity contribution in [2.45, 2.75) is 13.1 Å². The summed E-state index contributed by atoms with van der Waals surface area (Å²) in [6.45, 7) is 1.13. The van der Waals surface area contributed by atoms with E-state index in [1.165, 1.54) is 0 Å². The molecule has 0 aliphatic rings. The molecule has 0 aromatic heterocycles. The molecule has 0 amide bonds. The van der Waals surface area contributed by atoms with Gasteiger partial charge in [-0.15, -0.1) is 0 Å². The first-order valence-corrected chi connectivity index (χ1v) is 6.72. The lowest BCUT2D eigenvalue weighted by Crippen LogP contribution is -2.14. The van der Waals surface area contributed by atoms with Crippen molar-refractivity contribution in [3.8, 4) is 0 Å². The molecule has 1 nitrogen and oxygen atoms in total. The second-order valence-electron chi connectivity index (χ2n) is 3.91. The van der Waals surface area contributed by atoms with Crippen molar-refractivity contribution < 1.29 is 4.39 Å². The fraction of sp³-hybridized carbons (Fsp3) is 0.143. The highest BCUT2D eigenvalue weighted by Crippen LogP contribution is 2.18. The topological polar surface area (TPSA) is 12.0 Å². The van der Waals surface area contributed by atoms with Crippen LogP contribution in [0.4, 0.5) is 4.39 Å². The zero-order valence-electron chi connectivity index (χ0n) is 9.59. The fourth-order valence-electron chi connectivity index (χ4n) is 1.66. The number of rotatable bonds is 4. The largest absolute Gasteiger partial charge is 0.308 e. The molecule has 2 aromatic carbocycles. The van der Waals surface area contributed by atoms with E-state index in [1.54, 1.807) is 18.2 Å². The van der Waals surface area contributed by atoms with Crippen molar-refractivity contribution in [3.63, 3.8) is 0 Å². The van der Waals surface area contributed by atoms with Crippen LogP contribution in [0.3, 0.4) is 0 Å². The smallest absolute Gasteiger partial charge is 0.146 e. The van der Waals surface area contributed by atoms with E-state index in [2.05, 4.69) is 21.2 Å². The molecule has 2 aromatic rings. The molecule has 4 heteroatoms. The second-order valence-corrected chi connectivity index (χ2v) is 5.17. The fourth-order valence-corrected chi connectivity index (χ4v) is 2.28. The van der Waals surface area contributed by atoms with E-state index in [9.17, 15) is 4.39 Å². The van der Waals surface area contributed by atoms with Gasteiger partial charge in [-0.2, -0.15) is 0 Å². The third-order valence-corrected chi connectivity index (χ3v) is 3.69. The number of hydrogen-bond acceptors (Lipinski definition) is 1. The summed E-state index contributed by atoms with van der Waals surface area (Å²) < 4.78 is 14.7. The second kappa shape index (κ2) is 6.32. The number of nitrogens with one attached hydrogen (secondary N) is 1. The first-order chi connectivity index (χ1) is 8.68. The van der Waals surface area contributed by atoms with Crippen LogP contribution in [0.5, 0.6) is 0 Å². The zero-order valence-corrected chi connectivity index (χ0v) is 11.9. The van der Waals surface area contributed by atoms with Crippen LogP contribution in [0.2, 0.25) is 5.02 Å². The Bertz CT molecular complexity index is 545. The van der Waals surface area contributed by atoms with Crippen molar-refractivity contribution in [2.75, 3.05) is 0 Å². The molecule has 0 aliphatic heterocycles. The quantitative estimate of drug-likeness (QED) is 0.869. The predicted molar refractivity (Wildman–Crippen MR) is 76.1 cm³/mol. The van der Waals surface area contributed by atoms with E-state index in [-0.39, 0.29) is 10.8 Å². The van der Waals surface area contributed by atoms with Gasteiger partial charge in [-0.1, -0.05) is 57.9 Å². The van der Waals surface area contributed by atoms with Gasteiger partial charge in [0.2, 0.25) is 0 Å². The minimum Gasteiger partial charge on any atom is -0.308 e. The Morgan fingerprint density at radius 1 is 1.00 bits per heavy atom. The van der Waals surface area contributed by atoms with Crippen LogP contribution in [0, 0.1) is 5.82 Å². The molecule has 0 atom stereocenters. The summed E-state index contributed by atoms with van der Waals surface area (Å²) in [5.74, 6) is -0.348. The molecule has 0 saturated carbocycles. The molecule has 1 N–H and O–H groups in total. The molecule has 0 aliphatic carbocycles. The maximum absolute atomic E-state index is 13.6. The van der Waals surface area contributed by atoms with E-state index >= 15 is 0 Å². The van der Waals surface area contributed by atoms with E-state index in [1.807, 2.05) is 24.3 Å². The lowest BCUT2D eigenvalue weighted by atomic mass is 10.2. The number of hydrogen-bond donors (Lipinski definition) is 1. The predicted octanol–water partition coefficient (Wildman–Crippen LogP) is 4.53. The van der Waals surface area contributed by atoms with Crippen molar-refractivity contribution in [1.82, 2.24) is 5.32 Å². The Balaban J connectivity index is 1.97. The van der Waals surface area contributed by atoms with Gasteiger partial charge in [0, 0.05) is 23.1 Å². The molecular formula is C14H12BrClFN. The van der Waals surface area contributed by atoms with E-state index in [4.69, 9.17) is 11.6 Å². The van der Waals surface area contributed by atoms with Crippen LogP contribution < -0.4 is 5.32 Å². The molecule has 0 saturated heterocycles. The van der Waals surface area contributed by atoms with Gasteiger partial charge in [0.05, 0.1) is 5.02 Å². The van der Waals surface area contributed by atoms with E-state index in [0.29, 0.717) is 18.7 Å². The van der Waals surface area contributed by atoms with E-state index in [0.717, 1.165) is 10.0 Å². The number of benzene rings is 2. The van der Waals surface area contributed by atoms with Crippen LogP contribution in [0.1, 0.15) is 11.1 Å². The maximum atomic E-state index is 13.6. The zero-order chi connectivity index (χ0) is 13.0. The minimum absolute atomic E-state index is 0.162. The molecular weight excluding hydrogens is 317 g/mol. The van der Waals surface area contributed by atoms with Gasteiger partial charge in [-0.3, -0.25) is 0 Å². The lowest BCUT2D eigenvalue weighted by molar-refractivity contribution is 0.588. The third-order valence-electron chi connectivity index (χ3n) is 2.62. The molecule has 0 fully saturated rings. The Kier molecular flexibility index (Phi) is 4.75. The Morgan fingerprint density at radius 2 is 1.67 bits per heavy atom. The summed E-state index contributed by atoms with van der Waals surface area (Å²) in [5.41, 5.74) is 1.72. The summed E-state index contributed by atoms with van der Waals surface area (Å²) in [6, 6.07) is 13.0. The summed E-state index contributed by atoms with van der Waals surface area (Å²) in [5, 5.41) is 3.36. The first kappa shape index (κ1) is 13.5. The standard InChI is InChI=1S/C14H12BrClFN/c15-12-6-2-1-4-10(12)8-18-9-11-5-3-7-13(16)14(11)17/h1-7,18H,8-9H2. The van der Waals surface area contributed by atoms with Crippen LogP contribution in [-0.2, 0) is 13.1 Å². The summed E-state index contributed by atoms with van der Waals surface area (Å²) in [7, 11) is 0. The lowest BCUT2D eigenvalue weighted by Gasteiger charge is -2.08. The van der Waals surface area contributed by atoms with Crippen LogP contribution >= 0.6 is 27.5 Å². The normalized spacial score (nSPS) is 10.6. The van der Waals surface area contributed by atoms with Gasteiger partial charge < -0.3 is 5.32 Å². The average molecular weight is 329 g/mol. The molecule has 0 unspecified atom stereocenters. The Hall–Kier alpha value is -0.900. The van der Waals surface area contributed by atoms with Gasteiger partial charge >= 0.3 is 0 Å². The minimum atomic E-state index is -0.348. The van der Waals surface area contributed by atoms with Crippen molar-refractivity contribution in [2.24, 2.45) is 0 Å². The maximum Gasteiger partial charge on any atom is 0.146 e. The molecule has 18 heavy (non-hydrogen) atoms. The number of halogens is 3. The molecule has 0 bridgehead atoms. The van der Waals surface area contributed by atoms with Gasteiger partial charge in [-0.05, 0) is 17.7 Å². The molecule has 0 radical (unpaired) electrons. The van der Waals surface area contributed by atoms with Crippen LogP contribution in [0.15, 0.2) is 46.9 Å². The molecule has 0 spiro atoms. The Labute approximate surface area is 119 Å². The molecule has 2 rings (SSSR count). The van der Waals surface area contributed by atoms with Crippen LogP contribution in [-0.4, -0.2) is 0 Å². The SMILES string of the molecule is Fc1c(Cl)cccc1CNCc1ccccc1Br. The van der Waals surface area contributed by atoms with Crippen molar-refractivity contribution in [3.05, 3.63) is 68.9 Å². The highest BCUT2D eigenvalue weighted by atomic mass is 79.9. The highest BCUT2D eigenvalue weighted by Gasteiger charge is 2.05. The van der Waals surface area contributed by atoms with Gasteiger partial charge in [0.25, 0.3) is 0 Å². The monoisotopic (exact) mass is 327 g/mol. The highest BCUT2D eigenvalue weighted by molar-refractivity contribution is 9.10. The third kappa shape index (κ3) is 3.31. The van der Waals surface area contributed by atoms with Gasteiger partial charge in [0.15, 0.2) is 0 Å². The Morgan fingerprint density at radius 3 is 2.44 bits per heavy atom. The molecule has 94 valence electrons. The summed E-state index contributed by atoms with van der Waals surface area (Å²) in [4.78, 5) is 0. The van der Waals surface area contributed by atoms with E-state index < -0.39 is 0 Å². The van der Waals surface area contributed by atoms with Gasteiger partial charge in [0.1, 0.15) is 5.82 Å². The van der Waals surface area contributed by atoms with Crippen molar-refractivity contribution >= 4 is 27.5 Å².